The van der Waals surface area contributed by atoms with Crippen LogP contribution in [0.4, 0.5) is 5.69 Å². The first-order chi connectivity index (χ1) is 21.1. The van der Waals surface area contributed by atoms with E-state index < -0.39 is 28.5 Å². The lowest BCUT2D eigenvalue weighted by Crippen LogP contribution is -2.53. The van der Waals surface area contributed by atoms with Crippen molar-refractivity contribution in [2.45, 2.75) is 37.8 Å². The van der Waals surface area contributed by atoms with Gasteiger partial charge in [-0.15, -0.1) is 0 Å². The molecule has 10 heteroatoms. The number of amides is 2. The van der Waals surface area contributed by atoms with Gasteiger partial charge in [0.1, 0.15) is 18.3 Å². The fourth-order valence-electron chi connectivity index (χ4n) is 4.75. The summed E-state index contributed by atoms with van der Waals surface area (Å²) in [7, 11) is -2.67. The molecule has 0 fully saturated rings. The lowest BCUT2D eigenvalue weighted by Gasteiger charge is -2.34. The summed E-state index contributed by atoms with van der Waals surface area (Å²) in [5, 5.41) is 3.39. The first-order valence-corrected chi connectivity index (χ1v) is 16.0. The van der Waals surface area contributed by atoms with Crippen LogP contribution in [-0.2, 0) is 32.6 Å². The van der Waals surface area contributed by atoms with Gasteiger partial charge in [0.2, 0.25) is 11.8 Å². The molecule has 0 saturated heterocycles. The average Bonchev–Trinajstić information content (AvgIpc) is 3.03. The summed E-state index contributed by atoms with van der Waals surface area (Å²) in [5.74, 6) is -0.342. The Labute approximate surface area is 264 Å². The zero-order valence-electron chi connectivity index (χ0n) is 24.9. The first kappa shape index (κ1) is 32.6. The summed E-state index contributed by atoms with van der Waals surface area (Å²) in [6, 6.07) is 28.4. The lowest BCUT2D eigenvalue weighted by molar-refractivity contribution is -0.140. The Morgan fingerprint density at radius 1 is 0.864 bits per heavy atom. The molecule has 0 spiro atoms. The van der Waals surface area contributed by atoms with Gasteiger partial charge in [-0.2, -0.15) is 0 Å². The highest BCUT2D eigenvalue weighted by Gasteiger charge is 2.34. The number of rotatable bonds is 13. The molecule has 0 bridgehead atoms. The minimum atomic E-state index is -4.19. The van der Waals surface area contributed by atoms with Gasteiger partial charge in [-0.3, -0.25) is 13.9 Å². The zero-order chi connectivity index (χ0) is 31.7. The van der Waals surface area contributed by atoms with Crippen LogP contribution in [0, 0.1) is 6.92 Å². The quantitative estimate of drug-likeness (QED) is 0.206. The van der Waals surface area contributed by atoms with Crippen LogP contribution in [-0.4, -0.2) is 51.4 Å². The van der Waals surface area contributed by atoms with Gasteiger partial charge >= 0.3 is 0 Å². The lowest BCUT2D eigenvalue weighted by atomic mass is 10.0. The number of likely N-dealkylation sites (N-methyl/N-ethyl adjacent to an activating group) is 1. The van der Waals surface area contributed by atoms with Crippen molar-refractivity contribution in [2.75, 3.05) is 24.5 Å². The van der Waals surface area contributed by atoms with Crippen molar-refractivity contribution in [3.8, 4) is 5.75 Å². The summed E-state index contributed by atoms with van der Waals surface area (Å²) >= 11 is 6.12. The first-order valence-electron chi connectivity index (χ1n) is 14.2. The van der Waals surface area contributed by atoms with E-state index in [4.69, 9.17) is 16.3 Å². The van der Waals surface area contributed by atoms with Gasteiger partial charge in [0, 0.05) is 24.5 Å². The summed E-state index contributed by atoms with van der Waals surface area (Å²) in [6.07, 6.45) is 0.235. The number of hydrogen-bond donors (Lipinski definition) is 1. The van der Waals surface area contributed by atoms with E-state index in [1.807, 2.05) is 44.2 Å². The largest absolute Gasteiger partial charge is 0.497 e. The second kappa shape index (κ2) is 14.9. The molecule has 0 aliphatic carbocycles. The van der Waals surface area contributed by atoms with E-state index in [9.17, 15) is 18.0 Å². The number of methoxy groups -OCH3 is 1. The van der Waals surface area contributed by atoms with E-state index in [2.05, 4.69) is 5.32 Å². The van der Waals surface area contributed by atoms with Gasteiger partial charge in [0.25, 0.3) is 10.0 Å². The van der Waals surface area contributed by atoms with Gasteiger partial charge in [0.15, 0.2) is 0 Å². The minimum Gasteiger partial charge on any atom is -0.497 e. The van der Waals surface area contributed by atoms with E-state index in [-0.39, 0.29) is 29.5 Å². The molecule has 1 atom stereocenters. The molecular formula is C34H36ClN3O5S. The van der Waals surface area contributed by atoms with Gasteiger partial charge in [0.05, 0.1) is 17.7 Å². The number of carbonyl (C=O) groups excluding carboxylic acids is 2. The fourth-order valence-corrected chi connectivity index (χ4v) is 6.29. The molecule has 4 aromatic carbocycles. The maximum absolute atomic E-state index is 14.4. The second-order valence-corrected chi connectivity index (χ2v) is 12.6. The number of aryl methyl sites for hydroxylation is 1. The second-order valence-electron chi connectivity index (χ2n) is 10.3. The number of benzene rings is 4. The number of sulfonamides is 1. The summed E-state index contributed by atoms with van der Waals surface area (Å²) in [5.41, 5.74) is 2.78. The van der Waals surface area contributed by atoms with E-state index in [0.29, 0.717) is 17.3 Å². The van der Waals surface area contributed by atoms with E-state index in [1.165, 1.54) is 24.1 Å². The van der Waals surface area contributed by atoms with Gasteiger partial charge in [-0.1, -0.05) is 71.8 Å². The van der Waals surface area contributed by atoms with E-state index in [0.717, 1.165) is 21.0 Å². The Hall–Kier alpha value is -4.34. The molecule has 8 nitrogen and oxygen atoms in total. The smallest absolute Gasteiger partial charge is 0.264 e. The van der Waals surface area contributed by atoms with Crippen LogP contribution in [0.2, 0.25) is 5.02 Å². The molecule has 2 amide bonds. The minimum absolute atomic E-state index is 0.0422. The van der Waals surface area contributed by atoms with Gasteiger partial charge < -0.3 is 15.0 Å². The molecule has 0 aromatic heterocycles. The topological polar surface area (TPSA) is 96.0 Å². The van der Waals surface area contributed by atoms with Crippen LogP contribution in [0.25, 0.3) is 0 Å². The third-order valence-corrected chi connectivity index (χ3v) is 9.18. The molecule has 0 unspecified atom stereocenters. The van der Waals surface area contributed by atoms with Crippen LogP contribution in [0.3, 0.4) is 0 Å². The van der Waals surface area contributed by atoms with Crippen molar-refractivity contribution in [1.82, 2.24) is 10.2 Å². The Kier molecular flexibility index (Phi) is 11.0. The average molecular weight is 634 g/mol. The molecule has 4 aromatic rings. The number of anilines is 1. The molecule has 0 aliphatic rings. The van der Waals surface area contributed by atoms with Crippen molar-refractivity contribution in [3.05, 3.63) is 125 Å². The molecule has 230 valence electrons. The third kappa shape index (κ3) is 8.18. The molecular weight excluding hydrogens is 598 g/mol. The van der Waals surface area contributed by atoms with E-state index in [1.54, 1.807) is 60.7 Å². The highest BCUT2D eigenvalue weighted by atomic mass is 35.5. The Morgan fingerprint density at radius 2 is 1.50 bits per heavy atom. The molecule has 0 heterocycles. The van der Waals surface area contributed by atoms with Gasteiger partial charge in [-0.05, 0) is 73.5 Å². The van der Waals surface area contributed by atoms with Crippen molar-refractivity contribution >= 4 is 39.1 Å². The number of carbonyl (C=O) groups is 2. The van der Waals surface area contributed by atoms with Crippen molar-refractivity contribution in [3.63, 3.8) is 0 Å². The highest BCUT2D eigenvalue weighted by Crippen LogP contribution is 2.27. The molecule has 0 radical (unpaired) electrons. The number of hydrogen-bond acceptors (Lipinski definition) is 5. The number of nitrogens with one attached hydrogen (secondary N) is 1. The molecule has 0 saturated carbocycles. The van der Waals surface area contributed by atoms with Crippen LogP contribution in [0.15, 0.2) is 108 Å². The highest BCUT2D eigenvalue weighted by molar-refractivity contribution is 7.92. The molecule has 1 N–H and O–H groups in total. The van der Waals surface area contributed by atoms with Crippen LogP contribution >= 0.6 is 11.6 Å². The van der Waals surface area contributed by atoms with Crippen molar-refractivity contribution in [2.24, 2.45) is 0 Å². The SMILES string of the molecule is CCNC(=O)[C@@H](Cc1ccccc1)N(Cc1ccc(Cl)cc1)C(=O)CN(c1ccc(OC)cc1)S(=O)(=O)c1ccc(C)cc1. The normalized spacial score (nSPS) is 11.8. The van der Waals surface area contributed by atoms with Gasteiger partial charge in [-0.25, -0.2) is 8.42 Å². The Morgan fingerprint density at radius 3 is 2.09 bits per heavy atom. The predicted octanol–water partition coefficient (Wildman–Crippen LogP) is 5.63. The maximum atomic E-state index is 14.4. The standard InChI is InChI=1S/C34H36ClN3O5S/c1-4-36-34(40)32(22-26-8-6-5-7-9-26)37(23-27-12-14-28(35)15-13-27)33(39)24-38(29-16-18-30(43-3)19-17-29)44(41,42)31-20-10-25(2)11-21-31/h5-21,32H,4,22-24H2,1-3H3,(H,36,40)/t32-/m1/s1. The Bertz CT molecular complexity index is 1650. The van der Waals surface area contributed by atoms with Crippen LogP contribution < -0.4 is 14.4 Å². The van der Waals surface area contributed by atoms with Crippen LogP contribution in [0.5, 0.6) is 5.75 Å². The summed E-state index contributed by atoms with van der Waals surface area (Å²) in [6.45, 7) is 3.56. The zero-order valence-corrected chi connectivity index (χ0v) is 26.5. The third-order valence-electron chi connectivity index (χ3n) is 7.14. The number of ether oxygens (including phenoxy) is 1. The Balaban J connectivity index is 1.79. The summed E-state index contributed by atoms with van der Waals surface area (Å²) < 4.78 is 34.5. The summed E-state index contributed by atoms with van der Waals surface area (Å²) in [4.78, 5) is 29.4. The maximum Gasteiger partial charge on any atom is 0.264 e. The number of nitrogens with zero attached hydrogens (tertiary/aromatic N) is 2. The monoisotopic (exact) mass is 633 g/mol. The van der Waals surface area contributed by atoms with E-state index >= 15 is 0 Å². The number of halogens is 1. The fraction of sp³-hybridized carbons (Fsp3) is 0.235. The van der Waals surface area contributed by atoms with Crippen molar-refractivity contribution < 1.29 is 22.7 Å². The molecule has 0 aliphatic heterocycles. The molecule has 44 heavy (non-hydrogen) atoms. The van der Waals surface area contributed by atoms with Crippen LogP contribution in [0.1, 0.15) is 23.6 Å². The predicted molar refractivity (Wildman–Crippen MR) is 173 cm³/mol. The van der Waals surface area contributed by atoms with Crippen molar-refractivity contribution in [1.29, 1.82) is 0 Å². The molecule has 4 rings (SSSR count).